The van der Waals surface area contributed by atoms with Gasteiger partial charge in [-0.1, -0.05) is 36.4 Å². The van der Waals surface area contributed by atoms with Crippen molar-refractivity contribution in [2.45, 2.75) is 18.4 Å². The zero-order chi connectivity index (χ0) is 15.3. The minimum absolute atomic E-state index is 0.0161. The number of β-lactam (4-membered cyclic amide) rings is 1. The van der Waals surface area contributed by atoms with Gasteiger partial charge in [-0.2, -0.15) is 0 Å². The predicted octanol–water partition coefficient (Wildman–Crippen LogP) is 2.98. The molecule has 4 rings (SSSR count). The molecule has 2 unspecified atom stereocenters. The molecule has 3 nitrogen and oxygen atoms in total. The molecule has 0 saturated carbocycles. The van der Waals surface area contributed by atoms with Crippen LogP contribution in [0.3, 0.4) is 0 Å². The topological polar surface area (TPSA) is 23.6 Å². The van der Waals surface area contributed by atoms with Gasteiger partial charge in [0.05, 0.1) is 12.0 Å². The van der Waals surface area contributed by atoms with Crippen LogP contribution in [0.4, 0.5) is 5.69 Å². The van der Waals surface area contributed by atoms with E-state index in [0.717, 1.165) is 24.2 Å². The van der Waals surface area contributed by atoms with Crippen molar-refractivity contribution in [1.82, 2.24) is 4.90 Å². The van der Waals surface area contributed by atoms with Crippen molar-refractivity contribution in [2.24, 2.45) is 0 Å². The molecular weight excluding hydrogens is 272 g/mol. The van der Waals surface area contributed by atoms with Gasteiger partial charge in [0.2, 0.25) is 5.91 Å². The first-order valence-electron chi connectivity index (χ1n) is 7.82. The SMILES string of the molecule is CN(C)c1ccc(C2C(=O)N3CCc4ccccc4C23)cc1. The van der Waals surface area contributed by atoms with Crippen LogP contribution in [0.25, 0.3) is 0 Å². The third kappa shape index (κ3) is 1.85. The van der Waals surface area contributed by atoms with Crippen LogP contribution >= 0.6 is 0 Å². The zero-order valence-corrected chi connectivity index (χ0v) is 13.0. The Labute approximate surface area is 131 Å². The van der Waals surface area contributed by atoms with E-state index in [1.807, 2.05) is 19.0 Å². The molecule has 0 radical (unpaired) electrons. The highest BCUT2D eigenvalue weighted by Gasteiger charge is 2.50. The number of anilines is 1. The second-order valence-corrected chi connectivity index (χ2v) is 6.39. The van der Waals surface area contributed by atoms with Gasteiger partial charge in [-0.05, 0) is 35.2 Å². The first-order chi connectivity index (χ1) is 10.7. The maximum atomic E-state index is 12.5. The van der Waals surface area contributed by atoms with Gasteiger partial charge in [-0.25, -0.2) is 0 Å². The third-order valence-electron chi connectivity index (χ3n) is 4.97. The lowest BCUT2D eigenvalue weighted by molar-refractivity contribution is -0.151. The largest absolute Gasteiger partial charge is 0.378 e. The van der Waals surface area contributed by atoms with Crippen molar-refractivity contribution in [3.05, 3.63) is 65.2 Å². The van der Waals surface area contributed by atoms with Crippen LogP contribution in [0.15, 0.2) is 48.5 Å². The summed E-state index contributed by atoms with van der Waals surface area (Å²) in [6, 6.07) is 17.2. The van der Waals surface area contributed by atoms with E-state index in [9.17, 15) is 4.79 Å². The van der Waals surface area contributed by atoms with Crippen molar-refractivity contribution in [2.75, 3.05) is 25.5 Å². The van der Waals surface area contributed by atoms with Gasteiger partial charge in [-0.15, -0.1) is 0 Å². The monoisotopic (exact) mass is 292 g/mol. The van der Waals surface area contributed by atoms with Crippen molar-refractivity contribution in [1.29, 1.82) is 0 Å². The Morgan fingerprint density at radius 3 is 2.50 bits per heavy atom. The van der Waals surface area contributed by atoms with Crippen molar-refractivity contribution < 1.29 is 4.79 Å². The van der Waals surface area contributed by atoms with Crippen LogP contribution in [-0.2, 0) is 11.2 Å². The third-order valence-corrected chi connectivity index (χ3v) is 4.97. The second kappa shape index (κ2) is 4.87. The summed E-state index contributed by atoms with van der Waals surface area (Å²) >= 11 is 0. The van der Waals surface area contributed by atoms with Crippen LogP contribution in [0, 0.1) is 0 Å². The van der Waals surface area contributed by atoms with Crippen molar-refractivity contribution in [3.63, 3.8) is 0 Å². The van der Waals surface area contributed by atoms with Gasteiger partial charge < -0.3 is 9.80 Å². The molecule has 0 spiro atoms. The lowest BCUT2D eigenvalue weighted by Gasteiger charge is -2.51. The number of rotatable bonds is 2. The zero-order valence-electron chi connectivity index (χ0n) is 13.0. The molecule has 2 aromatic rings. The number of carbonyl (C=O) groups is 1. The summed E-state index contributed by atoms with van der Waals surface area (Å²) in [6.07, 6.45) is 0.977. The maximum Gasteiger partial charge on any atom is 0.233 e. The van der Waals surface area contributed by atoms with E-state index < -0.39 is 0 Å². The van der Waals surface area contributed by atoms with Gasteiger partial charge in [-0.3, -0.25) is 4.79 Å². The van der Waals surface area contributed by atoms with Crippen LogP contribution in [0.5, 0.6) is 0 Å². The van der Waals surface area contributed by atoms with Crippen LogP contribution in [0.1, 0.15) is 28.7 Å². The normalized spacial score (nSPS) is 22.6. The molecule has 2 aliphatic heterocycles. The molecule has 2 heterocycles. The summed E-state index contributed by atoms with van der Waals surface area (Å²) < 4.78 is 0. The molecule has 1 saturated heterocycles. The highest BCUT2D eigenvalue weighted by Crippen LogP contribution is 2.49. The number of benzene rings is 2. The average Bonchev–Trinajstić information content (AvgIpc) is 2.54. The predicted molar refractivity (Wildman–Crippen MR) is 88.1 cm³/mol. The Kier molecular flexibility index (Phi) is 2.96. The first-order valence-corrected chi connectivity index (χ1v) is 7.82. The van der Waals surface area contributed by atoms with E-state index in [2.05, 4.69) is 53.4 Å². The quantitative estimate of drug-likeness (QED) is 0.795. The van der Waals surface area contributed by atoms with Crippen LogP contribution < -0.4 is 4.90 Å². The standard InChI is InChI=1S/C19H20N2O/c1-20(2)15-9-7-14(8-10-15)17-18-16-6-4-3-5-13(16)11-12-21(18)19(17)22/h3-10,17-18H,11-12H2,1-2H3. The van der Waals surface area contributed by atoms with Gasteiger partial charge in [0.25, 0.3) is 0 Å². The lowest BCUT2D eigenvalue weighted by Crippen LogP contribution is -2.56. The van der Waals surface area contributed by atoms with Gasteiger partial charge in [0.15, 0.2) is 0 Å². The van der Waals surface area contributed by atoms with E-state index in [-0.39, 0.29) is 17.9 Å². The molecule has 1 amide bonds. The molecule has 22 heavy (non-hydrogen) atoms. The van der Waals surface area contributed by atoms with E-state index in [1.165, 1.54) is 11.1 Å². The smallest absolute Gasteiger partial charge is 0.233 e. The van der Waals surface area contributed by atoms with E-state index in [0.29, 0.717) is 0 Å². The Balaban J connectivity index is 1.70. The minimum Gasteiger partial charge on any atom is -0.378 e. The highest BCUT2D eigenvalue weighted by molar-refractivity contribution is 5.92. The van der Waals surface area contributed by atoms with Crippen molar-refractivity contribution in [3.8, 4) is 0 Å². The Bertz CT molecular complexity index is 720. The fourth-order valence-corrected chi connectivity index (χ4v) is 3.74. The summed E-state index contributed by atoms with van der Waals surface area (Å²) in [6.45, 7) is 0.854. The number of nitrogens with zero attached hydrogens (tertiary/aromatic N) is 2. The Morgan fingerprint density at radius 2 is 1.77 bits per heavy atom. The number of amides is 1. The Hall–Kier alpha value is -2.29. The molecule has 0 aromatic heterocycles. The molecule has 2 aromatic carbocycles. The molecular formula is C19H20N2O. The number of hydrogen-bond acceptors (Lipinski definition) is 2. The number of hydrogen-bond donors (Lipinski definition) is 0. The van der Waals surface area contributed by atoms with E-state index in [1.54, 1.807) is 0 Å². The van der Waals surface area contributed by atoms with Crippen LogP contribution in [-0.4, -0.2) is 31.4 Å². The van der Waals surface area contributed by atoms with Crippen LogP contribution in [0.2, 0.25) is 0 Å². The second-order valence-electron chi connectivity index (χ2n) is 6.39. The molecule has 112 valence electrons. The molecule has 0 N–H and O–H groups in total. The summed E-state index contributed by atoms with van der Waals surface area (Å²) in [7, 11) is 4.06. The molecule has 2 atom stereocenters. The van der Waals surface area contributed by atoms with E-state index >= 15 is 0 Å². The van der Waals surface area contributed by atoms with E-state index in [4.69, 9.17) is 0 Å². The maximum absolute atomic E-state index is 12.5. The fourth-order valence-electron chi connectivity index (χ4n) is 3.74. The number of fused-ring (bicyclic) bond motifs is 3. The summed E-state index contributed by atoms with van der Waals surface area (Å²) in [5, 5.41) is 0. The molecule has 1 fully saturated rings. The highest BCUT2D eigenvalue weighted by atomic mass is 16.2. The summed E-state index contributed by atoms with van der Waals surface area (Å²) in [5.74, 6) is 0.259. The molecule has 0 aliphatic carbocycles. The fraction of sp³-hybridized carbons (Fsp3) is 0.316. The van der Waals surface area contributed by atoms with Crippen molar-refractivity contribution >= 4 is 11.6 Å². The molecule has 0 bridgehead atoms. The molecule has 3 heteroatoms. The Morgan fingerprint density at radius 1 is 1.05 bits per heavy atom. The summed E-state index contributed by atoms with van der Waals surface area (Å²) in [5.41, 5.74) is 5.02. The summed E-state index contributed by atoms with van der Waals surface area (Å²) in [4.78, 5) is 16.7. The lowest BCUT2D eigenvalue weighted by atomic mass is 9.74. The minimum atomic E-state index is -0.0161. The van der Waals surface area contributed by atoms with Gasteiger partial charge in [0.1, 0.15) is 0 Å². The van der Waals surface area contributed by atoms with Gasteiger partial charge >= 0.3 is 0 Å². The average molecular weight is 292 g/mol. The first kappa shape index (κ1) is 13.4. The number of carbonyl (C=O) groups excluding carboxylic acids is 1. The van der Waals surface area contributed by atoms with Gasteiger partial charge in [0, 0.05) is 26.3 Å². The molecule has 2 aliphatic rings.